The van der Waals surface area contributed by atoms with Gasteiger partial charge in [0.2, 0.25) is 11.9 Å². The van der Waals surface area contributed by atoms with Gasteiger partial charge in [-0.3, -0.25) is 0 Å². The second kappa shape index (κ2) is 4.46. The Balaban J connectivity index is 1.45. The largest absolute Gasteiger partial charge is 0.463 e. The molecule has 20 heavy (non-hydrogen) atoms. The van der Waals surface area contributed by atoms with Crippen LogP contribution in [-0.4, -0.2) is 27.6 Å². The Bertz CT molecular complexity index is 506. The highest BCUT2D eigenvalue weighted by molar-refractivity contribution is 5.38. The van der Waals surface area contributed by atoms with E-state index in [2.05, 4.69) is 20.3 Å². The molecule has 0 saturated heterocycles. The summed E-state index contributed by atoms with van der Waals surface area (Å²) in [6.45, 7) is 2.65. The average Bonchev–Trinajstić information content (AvgIpc) is 2.83. The number of fused-ring (bicyclic) bond motifs is 5. The Hall–Kier alpha value is -1.59. The van der Waals surface area contributed by atoms with Gasteiger partial charge in [-0.1, -0.05) is 6.92 Å². The van der Waals surface area contributed by atoms with Gasteiger partial charge in [0.25, 0.3) is 0 Å². The van der Waals surface area contributed by atoms with Crippen molar-refractivity contribution in [1.82, 2.24) is 15.0 Å². The maximum Gasteiger partial charge on any atom is 0.323 e. The Kier molecular flexibility index (Phi) is 2.72. The minimum atomic E-state index is 0.224. The first-order valence-electron chi connectivity index (χ1n) is 7.67. The Morgan fingerprint density at radius 2 is 1.95 bits per heavy atom. The molecule has 4 atom stereocenters. The zero-order valence-electron chi connectivity index (χ0n) is 11.7. The van der Waals surface area contributed by atoms with Crippen molar-refractivity contribution in [1.29, 1.82) is 0 Å². The van der Waals surface area contributed by atoms with E-state index >= 15 is 0 Å². The summed E-state index contributed by atoms with van der Waals surface area (Å²) in [5, 5.41) is 3.45. The fraction of sp³-hybridized carbons (Fsp3) is 0.786. The Labute approximate surface area is 118 Å². The molecule has 6 nitrogen and oxygen atoms in total. The number of nitrogen functional groups attached to an aromatic ring is 1. The lowest BCUT2D eigenvalue weighted by Crippen LogP contribution is -2.16. The molecule has 0 aromatic carbocycles. The van der Waals surface area contributed by atoms with E-state index in [-0.39, 0.29) is 5.95 Å². The number of hydrogen-bond acceptors (Lipinski definition) is 6. The van der Waals surface area contributed by atoms with E-state index in [9.17, 15) is 0 Å². The molecule has 3 aliphatic rings. The number of hydrogen-bond donors (Lipinski definition) is 2. The molecule has 108 valence electrons. The number of ether oxygens (including phenoxy) is 1. The van der Waals surface area contributed by atoms with E-state index in [1.54, 1.807) is 0 Å². The van der Waals surface area contributed by atoms with Crippen molar-refractivity contribution in [2.45, 2.75) is 38.6 Å². The van der Waals surface area contributed by atoms with Gasteiger partial charge in [0, 0.05) is 6.04 Å². The van der Waals surface area contributed by atoms with Crippen LogP contribution in [0.5, 0.6) is 6.01 Å². The molecule has 3 fully saturated rings. The number of nitrogens with two attached hydrogens (primary N) is 1. The van der Waals surface area contributed by atoms with Crippen molar-refractivity contribution in [3.8, 4) is 6.01 Å². The molecule has 1 aromatic rings. The maximum absolute atomic E-state index is 5.73. The van der Waals surface area contributed by atoms with Gasteiger partial charge in [-0.25, -0.2) is 0 Å². The molecule has 3 aliphatic carbocycles. The molecule has 1 heterocycles. The standard InChI is InChI=1S/C14H21N5O/c1-2-5-20-14-18-12(15)17-13(19-14)16-11-9-7-3-4-8(6-7)10(9)11/h7-11H,2-6H2,1H3,(H3,15,16,17,18,19). The summed E-state index contributed by atoms with van der Waals surface area (Å²) in [4.78, 5) is 12.5. The van der Waals surface area contributed by atoms with Gasteiger partial charge in [0.15, 0.2) is 0 Å². The van der Waals surface area contributed by atoms with Crippen LogP contribution in [-0.2, 0) is 0 Å². The van der Waals surface area contributed by atoms with Crippen LogP contribution in [0.15, 0.2) is 0 Å². The first kappa shape index (κ1) is 12.2. The summed E-state index contributed by atoms with van der Waals surface area (Å²) in [7, 11) is 0. The molecular formula is C14H21N5O. The molecule has 0 spiro atoms. The monoisotopic (exact) mass is 275 g/mol. The molecule has 6 heteroatoms. The number of aromatic nitrogens is 3. The third kappa shape index (κ3) is 1.89. The number of rotatable bonds is 5. The highest BCUT2D eigenvalue weighted by atomic mass is 16.5. The highest BCUT2D eigenvalue weighted by Gasteiger charge is 2.65. The van der Waals surface area contributed by atoms with Gasteiger partial charge in [-0.15, -0.1) is 0 Å². The summed E-state index contributed by atoms with van der Waals surface area (Å²) in [5.41, 5.74) is 5.73. The van der Waals surface area contributed by atoms with Crippen LogP contribution in [0.1, 0.15) is 32.6 Å². The lowest BCUT2D eigenvalue weighted by molar-refractivity contribution is 0.292. The first-order chi connectivity index (χ1) is 9.76. The summed E-state index contributed by atoms with van der Waals surface area (Å²) < 4.78 is 5.44. The molecule has 3 N–H and O–H groups in total. The van der Waals surface area contributed by atoms with Crippen LogP contribution >= 0.6 is 0 Å². The predicted molar refractivity (Wildman–Crippen MR) is 75.2 cm³/mol. The minimum Gasteiger partial charge on any atom is -0.463 e. The lowest BCUT2D eigenvalue weighted by atomic mass is 10.0. The molecular weight excluding hydrogens is 254 g/mol. The predicted octanol–water partition coefficient (Wildman–Crippen LogP) is 1.70. The van der Waals surface area contributed by atoms with Gasteiger partial charge in [-0.2, -0.15) is 15.0 Å². The highest BCUT2D eigenvalue weighted by Crippen LogP contribution is 2.66. The van der Waals surface area contributed by atoms with E-state index in [1.165, 1.54) is 19.3 Å². The normalized spacial score (nSPS) is 36.8. The first-order valence-corrected chi connectivity index (χ1v) is 7.67. The maximum atomic E-state index is 5.73. The summed E-state index contributed by atoms with van der Waals surface area (Å²) in [6, 6.07) is 0.873. The smallest absolute Gasteiger partial charge is 0.323 e. The third-order valence-corrected chi connectivity index (χ3v) is 5.10. The lowest BCUT2D eigenvalue weighted by Gasteiger charge is -2.11. The second-order valence-electron chi connectivity index (χ2n) is 6.31. The fourth-order valence-electron chi connectivity index (χ4n) is 4.36. The van der Waals surface area contributed by atoms with Crippen molar-refractivity contribution in [3.63, 3.8) is 0 Å². The molecule has 0 amide bonds. The van der Waals surface area contributed by atoms with Gasteiger partial charge in [-0.05, 0) is 49.4 Å². The number of nitrogens with one attached hydrogen (secondary N) is 1. The van der Waals surface area contributed by atoms with E-state index in [0.717, 1.165) is 30.1 Å². The van der Waals surface area contributed by atoms with E-state index < -0.39 is 0 Å². The summed E-state index contributed by atoms with van der Waals surface area (Å²) in [6.07, 6.45) is 5.19. The number of nitrogens with zero attached hydrogens (tertiary/aromatic N) is 3. The number of anilines is 2. The van der Waals surface area contributed by atoms with Crippen molar-refractivity contribution in [2.75, 3.05) is 17.7 Å². The van der Waals surface area contributed by atoms with Gasteiger partial charge in [0.1, 0.15) is 0 Å². The Morgan fingerprint density at radius 1 is 1.20 bits per heavy atom. The average molecular weight is 275 g/mol. The van der Waals surface area contributed by atoms with Crippen LogP contribution in [0, 0.1) is 23.7 Å². The minimum absolute atomic E-state index is 0.224. The molecule has 0 radical (unpaired) electrons. The van der Waals surface area contributed by atoms with Gasteiger partial charge >= 0.3 is 6.01 Å². The zero-order chi connectivity index (χ0) is 13.7. The van der Waals surface area contributed by atoms with Crippen LogP contribution in [0.25, 0.3) is 0 Å². The van der Waals surface area contributed by atoms with Crippen LogP contribution in [0.2, 0.25) is 0 Å². The Morgan fingerprint density at radius 3 is 2.65 bits per heavy atom. The molecule has 3 saturated carbocycles. The topological polar surface area (TPSA) is 86.0 Å². The fourth-order valence-corrected chi connectivity index (χ4v) is 4.36. The van der Waals surface area contributed by atoms with Crippen LogP contribution in [0.4, 0.5) is 11.9 Å². The quantitative estimate of drug-likeness (QED) is 0.850. The van der Waals surface area contributed by atoms with Crippen LogP contribution < -0.4 is 15.8 Å². The molecule has 4 unspecified atom stereocenters. The third-order valence-electron chi connectivity index (χ3n) is 5.10. The summed E-state index contributed by atoms with van der Waals surface area (Å²) in [5.74, 6) is 4.33. The molecule has 0 aliphatic heterocycles. The second-order valence-corrected chi connectivity index (χ2v) is 6.31. The van der Waals surface area contributed by atoms with Gasteiger partial charge in [0.05, 0.1) is 6.61 Å². The van der Waals surface area contributed by atoms with Gasteiger partial charge < -0.3 is 15.8 Å². The van der Waals surface area contributed by atoms with E-state index in [4.69, 9.17) is 10.5 Å². The van der Waals surface area contributed by atoms with E-state index in [1.807, 2.05) is 6.92 Å². The van der Waals surface area contributed by atoms with Crippen molar-refractivity contribution in [3.05, 3.63) is 0 Å². The van der Waals surface area contributed by atoms with Crippen LogP contribution in [0.3, 0.4) is 0 Å². The molecule has 1 aromatic heterocycles. The molecule has 4 rings (SSSR count). The zero-order valence-corrected chi connectivity index (χ0v) is 11.7. The van der Waals surface area contributed by atoms with Crippen molar-refractivity contribution < 1.29 is 4.74 Å². The summed E-state index contributed by atoms with van der Waals surface area (Å²) >= 11 is 0. The van der Waals surface area contributed by atoms with E-state index in [0.29, 0.717) is 24.6 Å². The SMILES string of the molecule is CCCOc1nc(N)nc(NC2C3C4CCC(C4)C23)n1. The van der Waals surface area contributed by atoms with Crippen molar-refractivity contribution in [2.24, 2.45) is 23.7 Å². The molecule has 2 bridgehead atoms. The van der Waals surface area contributed by atoms with Crippen molar-refractivity contribution >= 4 is 11.9 Å².